The Morgan fingerprint density at radius 3 is 2.55 bits per heavy atom. The molecule has 2 aromatic rings. The van der Waals surface area contributed by atoms with E-state index in [1.54, 1.807) is 25.5 Å². The van der Waals surface area contributed by atoms with Crippen molar-refractivity contribution in [3.63, 3.8) is 0 Å². The summed E-state index contributed by atoms with van der Waals surface area (Å²) in [4.78, 5) is 15.0. The van der Waals surface area contributed by atoms with Gasteiger partial charge in [-0.25, -0.2) is 4.79 Å². The first-order valence-corrected chi connectivity index (χ1v) is 6.58. The first kappa shape index (κ1) is 15.3. The van der Waals surface area contributed by atoms with E-state index in [0.717, 1.165) is 11.3 Å². The number of aliphatic imine (C=N–C) groups is 1. The number of carboxylic acid groups (broad SMARTS) is 1. The van der Waals surface area contributed by atoms with E-state index < -0.39 is 5.97 Å². The lowest BCUT2D eigenvalue weighted by molar-refractivity contribution is 0.0697. The van der Waals surface area contributed by atoms with Gasteiger partial charge in [0, 0.05) is 6.21 Å². The Balaban J connectivity index is 2.05. The zero-order valence-corrected chi connectivity index (χ0v) is 12.1. The van der Waals surface area contributed by atoms with Crippen molar-refractivity contribution in [2.75, 3.05) is 12.8 Å². The van der Waals surface area contributed by atoms with Crippen LogP contribution in [0.5, 0.6) is 5.75 Å². The number of hydrogen-bond acceptors (Lipinski definition) is 4. The maximum absolute atomic E-state index is 10.8. The number of carboxylic acids is 1. The van der Waals surface area contributed by atoms with Crippen LogP contribution >= 0.6 is 0 Å². The van der Waals surface area contributed by atoms with Crippen molar-refractivity contribution in [3.8, 4) is 5.75 Å². The molecule has 0 spiro atoms. The minimum atomic E-state index is -1.01. The van der Waals surface area contributed by atoms with Gasteiger partial charge in [0.15, 0.2) is 0 Å². The van der Waals surface area contributed by atoms with Gasteiger partial charge in [-0.2, -0.15) is 0 Å². The standard InChI is InChI=1S/C17H16N2O3/c1-22-14-7-4-12(5-8-14)3-2-10-19-16-9-6-13(17(20)21)11-15(16)18/h2-11H,18H2,1H3,(H,20,21). The Kier molecular flexibility index (Phi) is 4.93. The summed E-state index contributed by atoms with van der Waals surface area (Å²) in [5, 5.41) is 8.86. The summed E-state index contributed by atoms with van der Waals surface area (Å²) >= 11 is 0. The normalized spacial score (nSPS) is 11.1. The van der Waals surface area contributed by atoms with Crippen LogP contribution in [0.3, 0.4) is 0 Å². The van der Waals surface area contributed by atoms with E-state index in [1.807, 2.05) is 30.3 Å². The van der Waals surface area contributed by atoms with Crippen LogP contribution in [0.15, 0.2) is 53.5 Å². The molecule has 2 aromatic carbocycles. The second-order valence-electron chi connectivity index (χ2n) is 4.49. The maximum atomic E-state index is 10.8. The van der Waals surface area contributed by atoms with E-state index in [4.69, 9.17) is 15.6 Å². The molecule has 0 fully saturated rings. The lowest BCUT2D eigenvalue weighted by Gasteiger charge is -2.01. The van der Waals surface area contributed by atoms with Crippen LogP contribution in [-0.4, -0.2) is 24.4 Å². The van der Waals surface area contributed by atoms with Gasteiger partial charge >= 0.3 is 5.97 Å². The highest BCUT2D eigenvalue weighted by Gasteiger charge is 2.04. The first-order chi connectivity index (χ1) is 10.6. The van der Waals surface area contributed by atoms with Crippen molar-refractivity contribution >= 4 is 29.6 Å². The van der Waals surface area contributed by atoms with E-state index in [2.05, 4.69) is 4.99 Å². The van der Waals surface area contributed by atoms with E-state index in [1.165, 1.54) is 12.1 Å². The van der Waals surface area contributed by atoms with Crippen LogP contribution in [0.2, 0.25) is 0 Å². The van der Waals surface area contributed by atoms with Gasteiger partial charge in [-0.3, -0.25) is 4.99 Å². The highest BCUT2D eigenvalue weighted by molar-refractivity contribution is 5.91. The fourth-order valence-corrected chi connectivity index (χ4v) is 1.80. The molecule has 0 amide bonds. The molecule has 5 heteroatoms. The Morgan fingerprint density at radius 1 is 1.23 bits per heavy atom. The fourth-order valence-electron chi connectivity index (χ4n) is 1.80. The third-order valence-corrected chi connectivity index (χ3v) is 2.98. The Morgan fingerprint density at radius 2 is 1.95 bits per heavy atom. The summed E-state index contributed by atoms with van der Waals surface area (Å²) in [5.41, 5.74) is 7.79. The SMILES string of the molecule is COc1ccc(C=CC=Nc2ccc(C(=O)O)cc2N)cc1. The highest BCUT2D eigenvalue weighted by atomic mass is 16.5. The number of allylic oxidation sites excluding steroid dienone is 1. The number of anilines is 1. The number of nitrogens with zero attached hydrogens (tertiary/aromatic N) is 1. The summed E-state index contributed by atoms with van der Waals surface area (Å²) in [5.74, 6) is -0.209. The zero-order valence-electron chi connectivity index (χ0n) is 12.1. The summed E-state index contributed by atoms with van der Waals surface area (Å²) in [6, 6.07) is 12.1. The molecule has 5 nitrogen and oxygen atoms in total. The lowest BCUT2D eigenvalue weighted by atomic mass is 10.2. The number of benzene rings is 2. The lowest BCUT2D eigenvalue weighted by Crippen LogP contribution is -1.97. The van der Waals surface area contributed by atoms with E-state index in [0.29, 0.717) is 11.4 Å². The topological polar surface area (TPSA) is 84.9 Å². The Labute approximate surface area is 128 Å². The molecule has 2 rings (SSSR count). The number of carbonyl (C=O) groups is 1. The molecule has 3 N–H and O–H groups in total. The highest BCUT2D eigenvalue weighted by Crippen LogP contribution is 2.22. The number of rotatable bonds is 5. The van der Waals surface area contributed by atoms with Crippen LogP contribution in [-0.2, 0) is 0 Å². The van der Waals surface area contributed by atoms with Gasteiger partial charge in [0.2, 0.25) is 0 Å². The molecule has 0 radical (unpaired) electrons. The fraction of sp³-hybridized carbons (Fsp3) is 0.0588. The number of nitrogen functional groups attached to an aromatic ring is 1. The molecular formula is C17H16N2O3. The van der Waals surface area contributed by atoms with Gasteiger partial charge < -0.3 is 15.6 Å². The van der Waals surface area contributed by atoms with Crippen molar-refractivity contribution in [3.05, 3.63) is 59.7 Å². The van der Waals surface area contributed by atoms with Crippen LogP contribution in [0.4, 0.5) is 11.4 Å². The molecule has 0 aliphatic rings. The first-order valence-electron chi connectivity index (χ1n) is 6.58. The summed E-state index contributed by atoms with van der Waals surface area (Å²) in [7, 11) is 1.62. The molecule has 112 valence electrons. The summed E-state index contributed by atoms with van der Waals surface area (Å²) < 4.78 is 5.09. The summed E-state index contributed by atoms with van der Waals surface area (Å²) in [6.45, 7) is 0. The third kappa shape index (κ3) is 3.96. The van der Waals surface area contributed by atoms with Crippen LogP contribution in [0.25, 0.3) is 6.08 Å². The molecule has 22 heavy (non-hydrogen) atoms. The van der Waals surface area contributed by atoms with Crippen molar-refractivity contribution in [2.45, 2.75) is 0 Å². The minimum Gasteiger partial charge on any atom is -0.497 e. The molecule has 0 heterocycles. The quantitative estimate of drug-likeness (QED) is 0.654. The minimum absolute atomic E-state index is 0.144. The smallest absolute Gasteiger partial charge is 0.335 e. The van der Waals surface area contributed by atoms with Crippen molar-refractivity contribution in [2.24, 2.45) is 4.99 Å². The third-order valence-electron chi connectivity index (χ3n) is 2.98. The molecule has 0 aromatic heterocycles. The second-order valence-corrected chi connectivity index (χ2v) is 4.49. The predicted octanol–water partition coefficient (Wildman–Crippen LogP) is 3.39. The van der Waals surface area contributed by atoms with Crippen molar-refractivity contribution in [1.82, 2.24) is 0 Å². The number of methoxy groups -OCH3 is 1. The molecular weight excluding hydrogens is 280 g/mol. The van der Waals surface area contributed by atoms with E-state index in [9.17, 15) is 4.79 Å². The largest absolute Gasteiger partial charge is 0.497 e. The van der Waals surface area contributed by atoms with Crippen molar-refractivity contribution in [1.29, 1.82) is 0 Å². The predicted molar refractivity (Wildman–Crippen MR) is 88.0 cm³/mol. The summed E-state index contributed by atoms with van der Waals surface area (Å²) in [6.07, 6.45) is 5.29. The van der Waals surface area contributed by atoms with Gasteiger partial charge in [0.25, 0.3) is 0 Å². The average Bonchev–Trinajstić information content (AvgIpc) is 2.53. The average molecular weight is 296 g/mol. The van der Waals surface area contributed by atoms with Gasteiger partial charge in [-0.05, 0) is 42.0 Å². The molecule has 0 aliphatic heterocycles. The molecule has 0 saturated heterocycles. The number of hydrogen-bond donors (Lipinski definition) is 2. The van der Waals surface area contributed by atoms with Gasteiger partial charge in [0.05, 0.1) is 24.0 Å². The Bertz CT molecular complexity index is 719. The van der Waals surface area contributed by atoms with E-state index >= 15 is 0 Å². The molecule has 0 aliphatic carbocycles. The zero-order chi connectivity index (χ0) is 15.9. The van der Waals surface area contributed by atoms with E-state index in [-0.39, 0.29) is 5.56 Å². The second kappa shape index (κ2) is 7.08. The van der Waals surface area contributed by atoms with Gasteiger partial charge in [-0.15, -0.1) is 0 Å². The van der Waals surface area contributed by atoms with Crippen LogP contribution in [0.1, 0.15) is 15.9 Å². The number of ether oxygens (including phenoxy) is 1. The van der Waals surface area contributed by atoms with Crippen LogP contribution < -0.4 is 10.5 Å². The van der Waals surface area contributed by atoms with Crippen molar-refractivity contribution < 1.29 is 14.6 Å². The number of nitrogens with two attached hydrogens (primary N) is 1. The molecule has 0 saturated carbocycles. The van der Waals surface area contributed by atoms with Gasteiger partial charge in [-0.1, -0.05) is 18.2 Å². The van der Waals surface area contributed by atoms with Crippen LogP contribution in [0, 0.1) is 0 Å². The monoisotopic (exact) mass is 296 g/mol. The molecule has 0 unspecified atom stereocenters. The molecule has 0 atom stereocenters. The Hall–Kier alpha value is -3.08. The maximum Gasteiger partial charge on any atom is 0.335 e. The van der Waals surface area contributed by atoms with Gasteiger partial charge in [0.1, 0.15) is 5.75 Å². The number of aromatic carboxylic acids is 1. The molecule has 0 bridgehead atoms.